The Kier molecular flexibility index (Phi) is 7.71. The van der Waals surface area contributed by atoms with Gasteiger partial charge in [-0.05, 0) is 31.7 Å². The maximum atomic E-state index is 12.0. The van der Waals surface area contributed by atoms with Gasteiger partial charge in [-0.15, -0.1) is 0 Å². The largest absolute Gasteiger partial charge is 0.445 e. The lowest BCUT2D eigenvalue weighted by Gasteiger charge is -2.22. The highest BCUT2D eigenvalue weighted by Gasteiger charge is 2.22. The van der Waals surface area contributed by atoms with Crippen molar-refractivity contribution < 1.29 is 22.1 Å². The topological polar surface area (TPSA) is 81.7 Å². The number of amides is 1. The van der Waals surface area contributed by atoms with E-state index >= 15 is 0 Å². The van der Waals surface area contributed by atoms with Crippen LogP contribution in [0.4, 0.5) is 4.79 Å². The van der Waals surface area contributed by atoms with E-state index in [9.17, 15) is 13.2 Å². The van der Waals surface area contributed by atoms with Gasteiger partial charge in [-0.1, -0.05) is 49.6 Å². The number of nitrogens with one attached hydrogen (secondary N) is 1. The van der Waals surface area contributed by atoms with Gasteiger partial charge in [0.15, 0.2) is 0 Å². The first-order valence-electron chi connectivity index (χ1n) is 8.83. The predicted octanol–water partition coefficient (Wildman–Crippen LogP) is 3.37. The van der Waals surface area contributed by atoms with Crippen molar-refractivity contribution in [3.63, 3.8) is 0 Å². The van der Waals surface area contributed by atoms with Crippen molar-refractivity contribution in [2.24, 2.45) is 0 Å². The molecule has 0 radical (unpaired) electrons. The molecule has 0 aromatic heterocycles. The highest BCUT2D eigenvalue weighted by Crippen LogP contribution is 2.22. The second-order valence-electron chi connectivity index (χ2n) is 6.51. The lowest BCUT2D eigenvalue weighted by Crippen LogP contribution is -2.35. The molecule has 0 aliphatic heterocycles. The van der Waals surface area contributed by atoms with E-state index in [1.165, 1.54) is 0 Å². The first-order valence-corrected chi connectivity index (χ1v) is 10.4. The Bertz CT molecular complexity index is 626. The molecule has 0 heterocycles. The van der Waals surface area contributed by atoms with Crippen molar-refractivity contribution in [3.05, 3.63) is 35.9 Å². The lowest BCUT2D eigenvalue weighted by molar-refractivity contribution is 0.136. The molecule has 0 bridgehead atoms. The Labute approximate surface area is 150 Å². The summed E-state index contributed by atoms with van der Waals surface area (Å²) in [5, 5.41) is 2.65. The maximum absolute atomic E-state index is 12.0. The molecule has 0 spiro atoms. The summed E-state index contributed by atoms with van der Waals surface area (Å²) < 4.78 is 34.5. The standard InChI is InChI=1S/C18H27NO5S/c1-15(19-18(20)23-14-16-8-4-2-5-9-16)12-13-25(21,22)24-17-10-6-3-7-11-17/h2,4-5,8-9,15,17H,3,6-7,10-14H2,1H3,(H,19,20)/t15-/m1/s1. The Hall–Kier alpha value is -1.60. The second kappa shape index (κ2) is 9.77. The van der Waals surface area contributed by atoms with Crippen molar-refractivity contribution in [1.82, 2.24) is 5.32 Å². The molecule has 1 aromatic rings. The van der Waals surface area contributed by atoms with E-state index in [1.807, 2.05) is 30.3 Å². The fourth-order valence-corrected chi connectivity index (χ4v) is 4.12. The van der Waals surface area contributed by atoms with Crippen molar-refractivity contribution in [3.8, 4) is 0 Å². The average molecular weight is 369 g/mol. The van der Waals surface area contributed by atoms with Gasteiger partial charge in [0.05, 0.1) is 11.9 Å². The van der Waals surface area contributed by atoms with Crippen LogP contribution in [0.15, 0.2) is 30.3 Å². The van der Waals surface area contributed by atoms with Gasteiger partial charge < -0.3 is 10.1 Å². The third-order valence-corrected chi connectivity index (χ3v) is 5.51. The molecular formula is C18H27NO5S. The molecule has 1 atom stereocenters. The zero-order valence-electron chi connectivity index (χ0n) is 14.6. The molecule has 0 saturated heterocycles. The molecule has 1 N–H and O–H groups in total. The number of alkyl carbamates (subject to hydrolysis) is 1. The summed E-state index contributed by atoms with van der Waals surface area (Å²) in [6.07, 6.45) is 4.34. The van der Waals surface area contributed by atoms with E-state index in [-0.39, 0.29) is 30.9 Å². The molecule has 1 aromatic carbocycles. The van der Waals surface area contributed by atoms with Gasteiger partial charge in [-0.2, -0.15) is 8.42 Å². The smallest absolute Gasteiger partial charge is 0.407 e. The van der Waals surface area contributed by atoms with Crippen molar-refractivity contribution in [1.29, 1.82) is 0 Å². The van der Waals surface area contributed by atoms with Crippen LogP contribution in [0, 0.1) is 0 Å². The Morgan fingerprint density at radius 2 is 1.88 bits per heavy atom. The van der Waals surface area contributed by atoms with Gasteiger partial charge in [-0.3, -0.25) is 4.18 Å². The van der Waals surface area contributed by atoms with Crippen LogP contribution in [0.5, 0.6) is 0 Å². The number of carbonyl (C=O) groups excluding carboxylic acids is 1. The number of benzene rings is 1. The minimum atomic E-state index is -3.56. The summed E-state index contributed by atoms with van der Waals surface area (Å²) in [7, 11) is -3.56. The molecule has 25 heavy (non-hydrogen) atoms. The van der Waals surface area contributed by atoms with Crippen molar-refractivity contribution >= 4 is 16.2 Å². The monoisotopic (exact) mass is 369 g/mol. The summed E-state index contributed by atoms with van der Waals surface area (Å²) in [4.78, 5) is 11.8. The SMILES string of the molecule is C[C@H](CCS(=O)(=O)OC1CCCCC1)NC(=O)OCc1ccccc1. The highest BCUT2D eigenvalue weighted by molar-refractivity contribution is 7.86. The Morgan fingerprint density at radius 3 is 2.56 bits per heavy atom. The molecule has 1 aliphatic carbocycles. The molecule has 1 amide bonds. The van der Waals surface area contributed by atoms with Crippen LogP contribution in [0.1, 0.15) is 51.0 Å². The van der Waals surface area contributed by atoms with Crippen LogP contribution in [-0.4, -0.2) is 32.4 Å². The van der Waals surface area contributed by atoms with Crippen LogP contribution < -0.4 is 5.32 Å². The minimum absolute atomic E-state index is 0.108. The molecule has 2 rings (SSSR count). The van der Waals surface area contributed by atoms with Crippen molar-refractivity contribution in [2.45, 2.75) is 64.2 Å². The maximum Gasteiger partial charge on any atom is 0.407 e. The molecular weight excluding hydrogens is 342 g/mol. The molecule has 1 fully saturated rings. The van der Waals surface area contributed by atoms with Gasteiger partial charge in [0, 0.05) is 6.04 Å². The normalized spacial score (nSPS) is 17.0. The summed E-state index contributed by atoms with van der Waals surface area (Å²) in [5.74, 6) is -0.108. The number of hydrogen-bond acceptors (Lipinski definition) is 5. The number of rotatable bonds is 8. The van der Waals surface area contributed by atoms with Gasteiger partial charge >= 0.3 is 6.09 Å². The fraction of sp³-hybridized carbons (Fsp3) is 0.611. The lowest BCUT2D eigenvalue weighted by atomic mass is 9.98. The predicted molar refractivity (Wildman–Crippen MR) is 95.6 cm³/mol. The quantitative estimate of drug-likeness (QED) is 0.711. The number of carbonyl (C=O) groups is 1. The molecule has 6 nitrogen and oxygen atoms in total. The fourth-order valence-electron chi connectivity index (χ4n) is 2.78. The Balaban J connectivity index is 1.66. The van der Waals surface area contributed by atoms with Gasteiger partial charge in [0.1, 0.15) is 6.61 Å². The third-order valence-electron chi connectivity index (χ3n) is 4.21. The van der Waals surface area contributed by atoms with E-state index in [1.54, 1.807) is 6.92 Å². The summed E-state index contributed by atoms with van der Waals surface area (Å²) in [6, 6.07) is 9.06. The zero-order chi connectivity index (χ0) is 18.1. The van der Waals surface area contributed by atoms with E-state index in [2.05, 4.69) is 5.32 Å². The van der Waals surface area contributed by atoms with Crippen LogP contribution >= 0.6 is 0 Å². The van der Waals surface area contributed by atoms with E-state index in [0.717, 1.165) is 37.7 Å². The van der Waals surface area contributed by atoms with Crippen molar-refractivity contribution in [2.75, 3.05) is 5.75 Å². The molecule has 1 saturated carbocycles. The van der Waals surface area contributed by atoms with Crippen LogP contribution in [0.3, 0.4) is 0 Å². The number of ether oxygens (including phenoxy) is 1. The summed E-state index contributed by atoms with van der Waals surface area (Å²) in [6.45, 7) is 1.93. The van der Waals surface area contributed by atoms with Crippen LogP contribution in [-0.2, 0) is 25.6 Å². The summed E-state index contributed by atoms with van der Waals surface area (Å²) >= 11 is 0. The third kappa shape index (κ3) is 7.88. The average Bonchev–Trinajstić information content (AvgIpc) is 2.60. The molecule has 7 heteroatoms. The first-order chi connectivity index (χ1) is 11.9. The van der Waals surface area contributed by atoms with Gasteiger partial charge in [0.25, 0.3) is 10.1 Å². The number of hydrogen-bond donors (Lipinski definition) is 1. The second-order valence-corrected chi connectivity index (χ2v) is 8.23. The van der Waals surface area contributed by atoms with Crippen LogP contribution in [0.25, 0.3) is 0 Å². The van der Waals surface area contributed by atoms with E-state index < -0.39 is 16.2 Å². The van der Waals surface area contributed by atoms with E-state index in [4.69, 9.17) is 8.92 Å². The van der Waals surface area contributed by atoms with E-state index in [0.29, 0.717) is 0 Å². The summed E-state index contributed by atoms with van der Waals surface area (Å²) in [5.41, 5.74) is 0.897. The van der Waals surface area contributed by atoms with Crippen LogP contribution in [0.2, 0.25) is 0 Å². The first kappa shape index (κ1) is 19.7. The zero-order valence-corrected chi connectivity index (χ0v) is 15.5. The van der Waals surface area contributed by atoms with Gasteiger partial charge in [-0.25, -0.2) is 4.79 Å². The molecule has 1 aliphatic rings. The molecule has 140 valence electrons. The highest BCUT2D eigenvalue weighted by atomic mass is 32.2. The Morgan fingerprint density at radius 1 is 1.20 bits per heavy atom. The van der Waals surface area contributed by atoms with Gasteiger partial charge in [0.2, 0.25) is 0 Å². The molecule has 0 unspecified atom stereocenters. The minimum Gasteiger partial charge on any atom is -0.445 e.